The maximum atomic E-state index is 13.8. The van der Waals surface area contributed by atoms with Gasteiger partial charge in [-0.2, -0.15) is 0 Å². The second-order valence-electron chi connectivity index (χ2n) is 7.94. The summed E-state index contributed by atoms with van der Waals surface area (Å²) in [4.78, 5) is 25.5. The molecule has 4 rings (SSSR count). The summed E-state index contributed by atoms with van der Waals surface area (Å²) in [6.45, 7) is 1.97. The molecule has 0 unspecified atom stereocenters. The number of hydrogen-bond donors (Lipinski definition) is 2. The van der Waals surface area contributed by atoms with Crippen molar-refractivity contribution in [1.82, 2.24) is 10.6 Å². The maximum absolute atomic E-state index is 13.8. The molecule has 0 aliphatic carbocycles. The first-order valence-corrected chi connectivity index (χ1v) is 11.5. The van der Waals surface area contributed by atoms with Crippen LogP contribution >= 0.6 is 11.3 Å². The first kappa shape index (κ1) is 22.2. The van der Waals surface area contributed by atoms with Crippen LogP contribution in [0.2, 0.25) is 0 Å². The predicted molar refractivity (Wildman–Crippen MR) is 122 cm³/mol. The van der Waals surface area contributed by atoms with Crippen molar-refractivity contribution in [2.45, 2.75) is 24.8 Å². The second kappa shape index (κ2) is 10.1. The highest BCUT2D eigenvalue weighted by Gasteiger charge is 2.35. The van der Waals surface area contributed by atoms with Crippen molar-refractivity contribution in [3.63, 3.8) is 0 Å². The largest absolute Gasteiger partial charge is 0.381 e. The molecule has 0 atom stereocenters. The van der Waals surface area contributed by atoms with Gasteiger partial charge in [-0.1, -0.05) is 30.3 Å². The number of halogens is 1. The topological polar surface area (TPSA) is 67.4 Å². The fraction of sp³-hybridized carbons (Fsp3) is 0.280. The number of ether oxygens (including phenoxy) is 1. The molecule has 0 saturated carbocycles. The van der Waals surface area contributed by atoms with Gasteiger partial charge in [0.25, 0.3) is 11.8 Å². The minimum Gasteiger partial charge on any atom is -0.381 e. The Morgan fingerprint density at radius 2 is 1.75 bits per heavy atom. The molecule has 0 spiro atoms. The lowest BCUT2D eigenvalue weighted by atomic mass is 9.74. The molecule has 0 radical (unpaired) electrons. The number of benzene rings is 2. The molecule has 1 aliphatic rings. The van der Waals surface area contributed by atoms with Crippen LogP contribution in [-0.2, 0) is 16.7 Å². The summed E-state index contributed by atoms with van der Waals surface area (Å²) >= 11 is 1.39. The Morgan fingerprint density at radius 1 is 0.969 bits per heavy atom. The molecule has 3 aromatic rings. The van der Waals surface area contributed by atoms with E-state index in [-0.39, 0.29) is 23.0 Å². The molecule has 0 bridgehead atoms. The Bertz CT molecular complexity index is 1060. The second-order valence-corrected chi connectivity index (χ2v) is 8.89. The summed E-state index contributed by atoms with van der Waals surface area (Å²) in [6, 6.07) is 17.4. The Labute approximate surface area is 190 Å². The molecule has 1 aromatic heterocycles. The van der Waals surface area contributed by atoms with Crippen molar-refractivity contribution in [3.8, 4) is 0 Å². The number of rotatable bonds is 7. The van der Waals surface area contributed by atoms with Crippen molar-refractivity contribution in [2.24, 2.45) is 0 Å². The Hall–Kier alpha value is -3.03. The van der Waals surface area contributed by atoms with Gasteiger partial charge < -0.3 is 15.4 Å². The molecule has 32 heavy (non-hydrogen) atoms. The van der Waals surface area contributed by atoms with Gasteiger partial charge in [0, 0.05) is 37.3 Å². The van der Waals surface area contributed by atoms with E-state index >= 15 is 0 Å². The Morgan fingerprint density at radius 3 is 2.44 bits per heavy atom. The quantitative estimate of drug-likeness (QED) is 0.562. The smallest absolute Gasteiger partial charge is 0.261 e. The summed E-state index contributed by atoms with van der Waals surface area (Å²) in [7, 11) is 0. The molecular formula is C25H25FN2O3S. The predicted octanol–water partition coefficient (Wildman–Crippen LogP) is 4.30. The van der Waals surface area contributed by atoms with Gasteiger partial charge in [-0.3, -0.25) is 9.59 Å². The fourth-order valence-corrected chi connectivity index (χ4v) is 4.59. The van der Waals surface area contributed by atoms with Crippen molar-refractivity contribution in [2.75, 3.05) is 19.8 Å². The van der Waals surface area contributed by atoms with E-state index in [4.69, 9.17) is 4.74 Å². The van der Waals surface area contributed by atoms with Gasteiger partial charge in [0.2, 0.25) is 0 Å². The van der Waals surface area contributed by atoms with Gasteiger partial charge in [0.05, 0.1) is 4.88 Å². The Balaban J connectivity index is 1.37. The Kier molecular flexibility index (Phi) is 6.97. The van der Waals surface area contributed by atoms with Crippen molar-refractivity contribution in [1.29, 1.82) is 0 Å². The summed E-state index contributed by atoms with van der Waals surface area (Å²) in [5.41, 5.74) is 1.99. The number of hydrogen-bond acceptors (Lipinski definition) is 4. The number of nitrogens with one attached hydrogen (secondary N) is 2. The number of carbonyl (C=O) groups is 2. The highest BCUT2D eigenvalue weighted by atomic mass is 32.1. The third kappa shape index (κ3) is 5.23. The lowest BCUT2D eigenvalue weighted by Crippen LogP contribution is -2.44. The summed E-state index contributed by atoms with van der Waals surface area (Å²) in [5.74, 6) is -0.566. The number of amides is 2. The van der Waals surface area contributed by atoms with Gasteiger partial charge in [-0.15, -0.1) is 11.3 Å². The maximum Gasteiger partial charge on any atom is 0.261 e. The van der Waals surface area contributed by atoms with Crippen LogP contribution in [0.3, 0.4) is 0 Å². The monoisotopic (exact) mass is 452 g/mol. The van der Waals surface area contributed by atoms with Crippen LogP contribution in [0.1, 0.15) is 44.0 Å². The van der Waals surface area contributed by atoms with E-state index in [9.17, 15) is 14.0 Å². The lowest BCUT2D eigenvalue weighted by molar-refractivity contribution is 0.0486. The molecule has 1 saturated heterocycles. The zero-order valence-electron chi connectivity index (χ0n) is 17.6. The number of thiophene rings is 1. The van der Waals surface area contributed by atoms with Crippen LogP contribution in [-0.4, -0.2) is 31.6 Å². The summed E-state index contributed by atoms with van der Waals surface area (Å²) < 4.78 is 19.4. The molecule has 1 fully saturated rings. The van der Waals surface area contributed by atoms with E-state index in [1.807, 2.05) is 29.6 Å². The third-order valence-electron chi connectivity index (χ3n) is 5.89. The van der Waals surface area contributed by atoms with Gasteiger partial charge in [0.15, 0.2) is 0 Å². The van der Waals surface area contributed by atoms with Crippen molar-refractivity contribution in [3.05, 3.63) is 93.4 Å². The van der Waals surface area contributed by atoms with Gasteiger partial charge in [-0.05, 0) is 59.7 Å². The van der Waals surface area contributed by atoms with E-state index in [2.05, 4.69) is 10.6 Å². The molecule has 5 nitrogen and oxygen atoms in total. The fourth-order valence-electron chi connectivity index (χ4n) is 3.95. The first-order valence-electron chi connectivity index (χ1n) is 10.6. The van der Waals surface area contributed by atoms with E-state index in [0.717, 1.165) is 24.0 Å². The highest BCUT2D eigenvalue weighted by Crippen LogP contribution is 2.34. The average Bonchev–Trinajstić information content (AvgIpc) is 3.37. The molecule has 2 amide bonds. The molecule has 7 heteroatoms. The van der Waals surface area contributed by atoms with Gasteiger partial charge >= 0.3 is 0 Å². The summed E-state index contributed by atoms with van der Waals surface area (Å²) in [6.07, 6.45) is 1.44. The van der Waals surface area contributed by atoms with Crippen LogP contribution in [0.4, 0.5) is 4.39 Å². The van der Waals surface area contributed by atoms with Crippen LogP contribution < -0.4 is 10.6 Å². The average molecular weight is 453 g/mol. The molecule has 2 heterocycles. The zero-order chi connectivity index (χ0) is 22.4. The molecule has 1 aliphatic heterocycles. The minimum atomic E-state index is -0.345. The van der Waals surface area contributed by atoms with Crippen LogP contribution in [0, 0.1) is 5.82 Å². The normalized spacial score (nSPS) is 15.2. The molecule has 2 aromatic carbocycles. The van der Waals surface area contributed by atoms with Crippen LogP contribution in [0.25, 0.3) is 0 Å². The molecule has 2 N–H and O–H groups in total. The van der Waals surface area contributed by atoms with Crippen LogP contribution in [0.5, 0.6) is 0 Å². The van der Waals surface area contributed by atoms with Gasteiger partial charge in [0.1, 0.15) is 5.82 Å². The standard InChI is InChI=1S/C25H25FN2O3S/c26-21-4-1-3-20(15-21)25(10-12-31-13-11-25)17-28-23(29)19-8-6-18(7-9-19)16-27-24(30)22-5-2-14-32-22/h1-9,14-15H,10-13,16-17H2,(H,27,30)(H,28,29). The summed E-state index contributed by atoms with van der Waals surface area (Å²) in [5, 5.41) is 7.77. The van der Waals surface area contributed by atoms with Crippen molar-refractivity contribution >= 4 is 23.2 Å². The van der Waals surface area contributed by atoms with Gasteiger partial charge in [-0.25, -0.2) is 4.39 Å². The SMILES string of the molecule is O=C(NCC1(c2cccc(F)c2)CCOCC1)c1ccc(CNC(=O)c2cccs2)cc1. The minimum absolute atomic E-state index is 0.110. The highest BCUT2D eigenvalue weighted by molar-refractivity contribution is 7.12. The molecule has 166 valence electrons. The lowest BCUT2D eigenvalue weighted by Gasteiger charge is -2.38. The first-order chi connectivity index (χ1) is 15.6. The zero-order valence-corrected chi connectivity index (χ0v) is 18.4. The number of carbonyl (C=O) groups excluding carboxylic acids is 2. The van der Waals surface area contributed by atoms with E-state index in [1.165, 1.54) is 17.4 Å². The third-order valence-corrected chi connectivity index (χ3v) is 6.76. The van der Waals surface area contributed by atoms with E-state index in [1.54, 1.807) is 30.3 Å². The van der Waals surface area contributed by atoms with E-state index in [0.29, 0.717) is 36.7 Å². The van der Waals surface area contributed by atoms with Crippen molar-refractivity contribution < 1.29 is 18.7 Å². The molecular weight excluding hydrogens is 427 g/mol. The van der Waals surface area contributed by atoms with E-state index < -0.39 is 0 Å². The van der Waals surface area contributed by atoms with Crippen LogP contribution in [0.15, 0.2) is 66.0 Å².